The van der Waals surface area contributed by atoms with Crippen LogP contribution in [0.2, 0.25) is 10.0 Å². The molecule has 0 amide bonds. The molecule has 0 aliphatic carbocycles. The van der Waals surface area contributed by atoms with Gasteiger partial charge in [-0.25, -0.2) is 0 Å². The van der Waals surface area contributed by atoms with E-state index in [1.807, 2.05) is 36.4 Å². The molecule has 0 spiro atoms. The second-order valence-corrected chi connectivity index (χ2v) is 5.28. The second kappa shape index (κ2) is 6.74. The van der Waals surface area contributed by atoms with E-state index < -0.39 is 0 Å². The van der Waals surface area contributed by atoms with Gasteiger partial charge in [0.1, 0.15) is 5.78 Å². The molecule has 0 heterocycles. The van der Waals surface area contributed by atoms with E-state index in [1.54, 1.807) is 12.1 Å². The van der Waals surface area contributed by atoms with E-state index in [4.69, 9.17) is 23.2 Å². The van der Waals surface area contributed by atoms with Crippen molar-refractivity contribution in [2.24, 2.45) is 0 Å². The zero-order valence-corrected chi connectivity index (χ0v) is 11.9. The van der Waals surface area contributed by atoms with Crippen molar-refractivity contribution in [3.8, 4) is 0 Å². The summed E-state index contributed by atoms with van der Waals surface area (Å²) in [6.07, 6.45) is 1.66. The van der Waals surface area contributed by atoms with Crippen molar-refractivity contribution in [3.05, 3.63) is 69.7 Å². The lowest BCUT2D eigenvalue weighted by molar-refractivity contribution is -0.118. The third kappa shape index (κ3) is 4.38. The molecule has 3 heteroatoms. The Kier molecular flexibility index (Phi) is 5.00. The molecule has 0 radical (unpaired) electrons. The number of Topliss-reactive ketones (excluding diaryl/α,β-unsaturated/α-hetero) is 1. The zero-order valence-electron chi connectivity index (χ0n) is 10.4. The first-order valence-corrected chi connectivity index (χ1v) is 6.90. The minimum atomic E-state index is 0.188. The van der Waals surface area contributed by atoms with E-state index in [1.165, 1.54) is 5.56 Å². The van der Waals surface area contributed by atoms with Crippen LogP contribution >= 0.6 is 23.2 Å². The van der Waals surface area contributed by atoms with Gasteiger partial charge in [0.2, 0.25) is 0 Å². The topological polar surface area (TPSA) is 17.1 Å². The van der Waals surface area contributed by atoms with Gasteiger partial charge in [-0.05, 0) is 29.7 Å². The SMILES string of the molecule is O=C(CCc1ccccc1)Cc1ccc(Cl)cc1Cl. The van der Waals surface area contributed by atoms with Crippen molar-refractivity contribution >= 4 is 29.0 Å². The predicted octanol–water partition coefficient (Wildman–Crippen LogP) is 4.74. The first-order chi connectivity index (χ1) is 9.15. The van der Waals surface area contributed by atoms with E-state index in [2.05, 4.69) is 0 Å². The zero-order chi connectivity index (χ0) is 13.7. The Morgan fingerprint density at radius 2 is 1.74 bits per heavy atom. The molecule has 2 aromatic carbocycles. The number of benzene rings is 2. The molecule has 0 saturated heterocycles. The Hall–Kier alpha value is -1.31. The van der Waals surface area contributed by atoms with Crippen molar-refractivity contribution in [2.75, 3.05) is 0 Å². The maximum atomic E-state index is 11.9. The molecule has 0 aromatic heterocycles. The van der Waals surface area contributed by atoms with Crippen LogP contribution in [0.3, 0.4) is 0 Å². The molecular formula is C16H14Cl2O. The number of carbonyl (C=O) groups excluding carboxylic acids is 1. The van der Waals surface area contributed by atoms with Crippen LogP contribution in [0.25, 0.3) is 0 Å². The second-order valence-electron chi connectivity index (χ2n) is 4.44. The number of carbonyl (C=O) groups is 1. The average Bonchev–Trinajstić information content (AvgIpc) is 2.41. The summed E-state index contributed by atoms with van der Waals surface area (Å²) in [6.45, 7) is 0. The minimum Gasteiger partial charge on any atom is -0.299 e. The normalized spacial score (nSPS) is 10.4. The van der Waals surface area contributed by atoms with Crippen LogP contribution in [0, 0.1) is 0 Å². The summed E-state index contributed by atoms with van der Waals surface area (Å²) in [5.41, 5.74) is 2.02. The molecule has 0 N–H and O–H groups in total. The molecule has 0 fully saturated rings. The van der Waals surface area contributed by atoms with Crippen LogP contribution in [-0.2, 0) is 17.6 Å². The van der Waals surface area contributed by atoms with Gasteiger partial charge in [0.15, 0.2) is 0 Å². The summed E-state index contributed by atoms with van der Waals surface area (Å²) < 4.78 is 0. The van der Waals surface area contributed by atoms with Gasteiger partial charge in [-0.15, -0.1) is 0 Å². The molecule has 0 saturated carbocycles. The highest BCUT2D eigenvalue weighted by Gasteiger charge is 2.08. The third-order valence-electron chi connectivity index (χ3n) is 2.94. The Labute approximate surface area is 123 Å². The molecule has 19 heavy (non-hydrogen) atoms. The number of aryl methyl sites for hydroxylation is 1. The Balaban J connectivity index is 1.91. The fraction of sp³-hybridized carbons (Fsp3) is 0.188. The highest BCUT2D eigenvalue weighted by atomic mass is 35.5. The van der Waals surface area contributed by atoms with Crippen molar-refractivity contribution < 1.29 is 4.79 Å². The molecular weight excluding hydrogens is 279 g/mol. The molecule has 2 aromatic rings. The summed E-state index contributed by atoms with van der Waals surface area (Å²) >= 11 is 11.9. The minimum absolute atomic E-state index is 0.188. The van der Waals surface area contributed by atoms with Crippen LogP contribution in [0.1, 0.15) is 17.5 Å². The Bertz CT molecular complexity index is 564. The third-order valence-corrected chi connectivity index (χ3v) is 3.53. The molecule has 98 valence electrons. The summed E-state index contributed by atoms with van der Waals surface area (Å²) in [5.74, 6) is 0.188. The van der Waals surface area contributed by atoms with Gasteiger partial charge in [0, 0.05) is 22.9 Å². The van der Waals surface area contributed by atoms with Gasteiger partial charge >= 0.3 is 0 Å². The van der Waals surface area contributed by atoms with Crippen LogP contribution < -0.4 is 0 Å². The Morgan fingerprint density at radius 1 is 1.00 bits per heavy atom. The number of hydrogen-bond acceptors (Lipinski definition) is 1. The Morgan fingerprint density at radius 3 is 2.42 bits per heavy atom. The quantitative estimate of drug-likeness (QED) is 0.778. The lowest BCUT2D eigenvalue weighted by Gasteiger charge is -2.04. The standard InChI is InChI=1S/C16H14Cl2O/c17-14-8-7-13(16(18)11-14)10-15(19)9-6-12-4-2-1-3-5-12/h1-5,7-8,11H,6,9-10H2. The van der Waals surface area contributed by atoms with Gasteiger partial charge in [0.25, 0.3) is 0 Å². The predicted molar refractivity (Wildman–Crippen MR) is 79.9 cm³/mol. The number of hydrogen-bond donors (Lipinski definition) is 0. The van der Waals surface area contributed by atoms with Gasteiger partial charge in [0.05, 0.1) is 0 Å². The van der Waals surface area contributed by atoms with Gasteiger partial charge in [-0.1, -0.05) is 59.6 Å². The summed E-state index contributed by atoms with van der Waals surface area (Å²) in [6, 6.07) is 15.2. The maximum absolute atomic E-state index is 11.9. The maximum Gasteiger partial charge on any atom is 0.137 e. The van der Waals surface area contributed by atoms with Crippen LogP contribution in [0.15, 0.2) is 48.5 Å². The van der Waals surface area contributed by atoms with E-state index in [-0.39, 0.29) is 5.78 Å². The van der Waals surface area contributed by atoms with Gasteiger partial charge in [-0.2, -0.15) is 0 Å². The van der Waals surface area contributed by atoms with Crippen LogP contribution in [0.5, 0.6) is 0 Å². The van der Waals surface area contributed by atoms with E-state index in [0.29, 0.717) is 22.9 Å². The first kappa shape index (κ1) is 14.1. The first-order valence-electron chi connectivity index (χ1n) is 6.15. The summed E-state index contributed by atoms with van der Waals surface area (Å²) in [7, 11) is 0. The molecule has 0 bridgehead atoms. The molecule has 0 aliphatic rings. The van der Waals surface area contributed by atoms with E-state index in [9.17, 15) is 4.79 Å². The largest absolute Gasteiger partial charge is 0.299 e. The highest BCUT2D eigenvalue weighted by molar-refractivity contribution is 6.35. The highest BCUT2D eigenvalue weighted by Crippen LogP contribution is 2.22. The molecule has 0 aliphatic heterocycles. The number of ketones is 1. The van der Waals surface area contributed by atoms with Crippen molar-refractivity contribution in [3.63, 3.8) is 0 Å². The van der Waals surface area contributed by atoms with E-state index >= 15 is 0 Å². The lowest BCUT2D eigenvalue weighted by atomic mass is 10.0. The fourth-order valence-electron chi connectivity index (χ4n) is 1.89. The number of rotatable bonds is 5. The van der Waals surface area contributed by atoms with Crippen LogP contribution in [-0.4, -0.2) is 5.78 Å². The van der Waals surface area contributed by atoms with E-state index in [0.717, 1.165) is 12.0 Å². The molecule has 0 unspecified atom stereocenters. The van der Waals surface area contributed by atoms with Gasteiger partial charge < -0.3 is 0 Å². The number of halogens is 2. The molecule has 0 atom stereocenters. The fourth-order valence-corrected chi connectivity index (χ4v) is 2.37. The van der Waals surface area contributed by atoms with Crippen LogP contribution in [0.4, 0.5) is 0 Å². The lowest BCUT2D eigenvalue weighted by Crippen LogP contribution is -2.04. The van der Waals surface area contributed by atoms with Crippen molar-refractivity contribution in [1.29, 1.82) is 0 Å². The van der Waals surface area contributed by atoms with Crippen molar-refractivity contribution in [2.45, 2.75) is 19.3 Å². The summed E-state index contributed by atoms with van der Waals surface area (Å²) in [4.78, 5) is 11.9. The molecule has 1 nitrogen and oxygen atoms in total. The van der Waals surface area contributed by atoms with Crippen molar-refractivity contribution in [1.82, 2.24) is 0 Å². The average molecular weight is 293 g/mol. The summed E-state index contributed by atoms with van der Waals surface area (Å²) in [5, 5.41) is 1.14. The molecule has 2 rings (SSSR count). The smallest absolute Gasteiger partial charge is 0.137 e. The van der Waals surface area contributed by atoms with Gasteiger partial charge in [-0.3, -0.25) is 4.79 Å². The monoisotopic (exact) mass is 292 g/mol.